The summed E-state index contributed by atoms with van der Waals surface area (Å²) in [5, 5.41) is 3.30. The van der Waals surface area contributed by atoms with Gasteiger partial charge >= 0.3 is 0 Å². The van der Waals surface area contributed by atoms with Gasteiger partial charge in [0, 0.05) is 34.1 Å². The third-order valence-electron chi connectivity index (χ3n) is 13.1. The Hall–Kier alpha value is -7.02. The van der Waals surface area contributed by atoms with Crippen molar-refractivity contribution < 1.29 is 19.1 Å². The van der Waals surface area contributed by atoms with E-state index in [1.807, 2.05) is 64.7 Å². The first-order chi connectivity index (χ1) is 32.1. The molecule has 0 radical (unpaired) electrons. The molecule has 0 saturated carbocycles. The van der Waals surface area contributed by atoms with Crippen molar-refractivity contribution >= 4 is 56.6 Å². The van der Waals surface area contributed by atoms with Gasteiger partial charge in [-0.15, -0.1) is 6.58 Å². The lowest BCUT2D eigenvalue weighted by Crippen LogP contribution is -2.36. The number of benzene rings is 4. The predicted octanol–water partition coefficient (Wildman–Crippen LogP) is 11.7. The Morgan fingerprint density at radius 1 is 0.697 bits per heavy atom. The molecule has 10 rings (SSSR count). The monoisotopic (exact) mass is 916 g/mol. The minimum absolute atomic E-state index is 0.0210. The van der Waals surface area contributed by atoms with E-state index in [1.165, 1.54) is 0 Å². The number of likely N-dealkylation sites (tertiary alicyclic amines) is 2. The van der Waals surface area contributed by atoms with Gasteiger partial charge in [-0.3, -0.25) is 9.59 Å². The molecule has 12 nitrogen and oxygen atoms in total. The molecule has 2 aliphatic heterocycles. The number of ether oxygens (including phenoxy) is 2. The van der Waals surface area contributed by atoms with Crippen LogP contribution in [0.1, 0.15) is 77.3 Å². The van der Waals surface area contributed by atoms with E-state index in [4.69, 9.17) is 42.6 Å². The Labute approximate surface area is 391 Å². The molecule has 2 saturated heterocycles. The average molecular weight is 918 g/mol. The Morgan fingerprint density at radius 3 is 1.71 bits per heavy atom. The van der Waals surface area contributed by atoms with Crippen LogP contribution in [0.4, 0.5) is 0 Å². The Balaban J connectivity index is 0.846. The normalized spacial score (nSPS) is 18.3. The zero-order chi connectivity index (χ0) is 45.6. The number of aromatic nitrogens is 6. The Morgan fingerprint density at radius 2 is 1.20 bits per heavy atom. The van der Waals surface area contributed by atoms with Gasteiger partial charge in [-0.05, 0) is 85.0 Å². The van der Waals surface area contributed by atoms with Gasteiger partial charge in [-0.2, -0.15) is 0 Å². The van der Waals surface area contributed by atoms with Gasteiger partial charge < -0.3 is 29.2 Å². The number of hydrogen-bond acceptors (Lipinski definition) is 8. The number of carbonyl (C=O) groups excluding carboxylic acids is 2. The van der Waals surface area contributed by atoms with E-state index < -0.39 is 0 Å². The van der Waals surface area contributed by atoms with Crippen molar-refractivity contribution in [2.75, 3.05) is 20.8 Å². The topological polar surface area (TPSA) is 142 Å². The van der Waals surface area contributed by atoms with E-state index in [-0.39, 0.29) is 51.9 Å². The molecular formula is C52H46Cl2N8O4. The molecule has 66 heavy (non-hydrogen) atoms. The first-order valence-corrected chi connectivity index (χ1v) is 22.7. The smallest absolute Gasteiger partial charge is 0.274 e. The number of allylic oxidation sites excluding steroid dienone is 1. The fourth-order valence-electron chi connectivity index (χ4n) is 9.77. The molecule has 0 bridgehead atoms. The second-order valence-corrected chi connectivity index (χ2v) is 17.7. The number of methoxy groups -OCH3 is 2. The van der Waals surface area contributed by atoms with Crippen LogP contribution in [0.5, 0.6) is 11.5 Å². The van der Waals surface area contributed by atoms with Crippen LogP contribution in [0, 0.1) is 5.92 Å². The predicted molar refractivity (Wildman–Crippen MR) is 258 cm³/mol. The summed E-state index contributed by atoms with van der Waals surface area (Å²) in [4.78, 5) is 58.1. The molecule has 8 aromatic rings. The Bertz CT molecular complexity index is 3150. The first-order valence-electron chi connectivity index (χ1n) is 21.9. The minimum Gasteiger partial charge on any atom is -0.496 e. The quantitative estimate of drug-likeness (QED) is 0.0965. The van der Waals surface area contributed by atoms with Gasteiger partial charge in [0.2, 0.25) is 0 Å². The van der Waals surface area contributed by atoms with E-state index in [0.717, 1.165) is 75.9 Å². The summed E-state index contributed by atoms with van der Waals surface area (Å²) < 4.78 is 11.1. The number of H-pyrrole nitrogens is 2. The molecule has 4 aromatic heterocycles. The number of rotatable bonds is 11. The van der Waals surface area contributed by atoms with Crippen molar-refractivity contribution in [1.82, 2.24) is 39.7 Å². The van der Waals surface area contributed by atoms with Crippen molar-refractivity contribution in [1.29, 1.82) is 0 Å². The second-order valence-electron chi connectivity index (χ2n) is 17.0. The number of amides is 2. The largest absolute Gasteiger partial charge is 0.496 e. The lowest BCUT2D eigenvalue weighted by atomic mass is 10.0. The van der Waals surface area contributed by atoms with E-state index in [0.29, 0.717) is 40.3 Å². The van der Waals surface area contributed by atoms with Gasteiger partial charge in [0.1, 0.15) is 44.8 Å². The van der Waals surface area contributed by atoms with E-state index in [9.17, 15) is 9.59 Å². The van der Waals surface area contributed by atoms with Crippen molar-refractivity contribution in [2.45, 2.75) is 50.7 Å². The van der Waals surface area contributed by atoms with Gasteiger partial charge in [-0.1, -0.05) is 102 Å². The van der Waals surface area contributed by atoms with Crippen LogP contribution in [-0.4, -0.2) is 78.3 Å². The van der Waals surface area contributed by atoms with Crippen LogP contribution in [0.25, 0.3) is 55.2 Å². The molecule has 6 heterocycles. The van der Waals surface area contributed by atoms with Gasteiger partial charge in [0.25, 0.3) is 11.8 Å². The fraction of sp³-hybridized carbons (Fsp3) is 0.231. The van der Waals surface area contributed by atoms with Crippen LogP contribution in [-0.2, 0) is 0 Å². The number of fused-ring (bicyclic) bond motifs is 2. The van der Waals surface area contributed by atoms with E-state index >= 15 is 0 Å². The summed E-state index contributed by atoms with van der Waals surface area (Å²) >= 11 is 12.9. The number of nitrogens with one attached hydrogen (secondary N) is 2. The summed E-state index contributed by atoms with van der Waals surface area (Å²) in [6.45, 7) is 6.56. The van der Waals surface area contributed by atoms with Crippen LogP contribution in [0.3, 0.4) is 0 Å². The number of hydrogen-bond donors (Lipinski definition) is 2. The standard InChI is InChI=1S/C52H46Cl2N8O4/c1-5-8-30-23-42(61(28-30)51(63)47-35-9-6-11-43(65-3)37(35)24-45(53)59-47)50-56-27-40(58-50)34-20-16-32(17-21-34)31-14-18-33(19-15-31)39-26-55-49(57-39)41-22-13-29(2)62(41)52(64)48-36-10-7-12-44(66-4)38(36)25-46(54)60-48/h5-7,9-12,14-21,24-27,29-30,41-42H,1,8,13,22-23,28H2,2-4H3,(H,55,57)(H,56,58)/t29-,30-,41+,42+/m1/s1. The zero-order valence-electron chi connectivity index (χ0n) is 36.6. The zero-order valence-corrected chi connectivity index (χ0v) is 38.1. The van der Waals surface area contributed by atoms with Crippen LogP contribution in [0.2, 0.25) is 10.3 Å². The van der Waals surface area contributed by atoms with Gasteiger partial charge in [0.05, 0.1) is 50.1 Å². The molecule has 4 aromatic carbocycles. The van der Waals surface area contributed by atoms with E-state index in [2.05, 4.69) is 82.0 Å². The van der Waals surface area contributed by atoms with Crippen molar-refractivity contribution in [2.24, 2.45) is 5.92 Å². The molecular weight excluding hydrogens is 872 g/mol. The first kappa shape index (κ1) is 42.9. The molecule has 0 spiro atoms. The van der Waals surface area contributed by atoms with Crippen LogP contribution < -0.4 is 9.47 Å². The van der Waals surface area contributed by atoms with Crippen LogP contribution >= 0.6 is 23.2 Å². The van der Waals surface area contributed by atoms with Crippen molar-refractivity contribution in [3.05, 3.63) is 155 Å². The lowest BCUT2D eigenvalue weighted by molar-refractivity contribution is 0.0667. The summed E-state index contributed by atoms with van der Waals surface area (Å²) in [5.41, 5.74) is 6.36. The summed E-state index contributed by atoms with van der Waals surface area (Å²) in [5.74, 6) is 2.51. The molecule has 0 aliphatic carbocycles. The molecule has 332 valence electrons. The highest BCUT2D eigenvalue weighted by Gasteiger charge is 2.40. The summed E-state index contributed by atoms with van der Waals surface area (Å²) in [7, 11) is 3.19. The molecule has 2 N–H and O–H groups in total. The highest BCUT2D eigenvalue weighted by atomic mass is 35.5. The second kappa shape index (κ2) is 17.8. The maximum atomic E-state index is 14.4. The molecule has 2 aliphatic rings. The number of carbonyl (C=O) groups is 2. The third-order valence-corrected chi connectivity index (χ3v) is 13.4. The summed E-state index contributed by atoms with van der Waals surface area (Å²) in [6.07, 6.45) is 8.66. The maximum Gasteiger partial charge on any atom is 0.274 e. The number of imidazole rings is 2. The van der Waals surface area contributed by atoms with Crippen molar-refractivity contribution in [3.63, 3.8) is 0 Å². The number of pyridine rings is 2. The van der Waals surface area contributed by atoms with Gasteiger partial charge in [0.15, 0.2) is 0 Å². The number of nitrogens with zero attached hydrogens (tertiary/aromatic N) is 6. The van der Waals surface area contributed by atoms with Crippen molar-refractivity contribution in [3.8, 4) is 45.1 Å². The summed E-state index contributed by atoms with van der Waals surface area (Å²) in [6, 6.07) is 30.7. The minimum atomic E-state index is -0.290. The fourth-order valence-corrected chi connectivity index (χ4v) is 10.2. The molecule has 2 fully saturated rings. The van der Waals surface area contributed by atoms with Gasteiger partial charge in [-0.25, -0.2) is 19.9 Å². The highest BCUT2D eigenvalue weighted by Crippen LogP contribution is 2.41. The SMILES string of the molecule is C=CC[C@@H]1C[C@@H](c2ncc(-c3ccc(-c4ccc(-c5cnc([C@@H]6CC[C@@H](C)N6C(=O)c6nc(Cl)cc7c(OC)cccc67)[nH]5)cc4)cc3)[nH]2)N(C(=O)c2nc(Cl)cc3c(OC)cccc23)C1. The molecule has 14 heteroatoms. The van der Waals surface area contributed by atoms with Crippen LogP contribution in [0.15, 0.2) is 122 Å². The van der Waals surface area contributed by atoms with E-state index in [1.54, 1.807) is 26.4 Å². The molecule has 0 unspecified atom stereocenters. The lowest BCUT2D eigenvalue weighted by Gasteiger charge is -2.27. The number of halogens is 2. The molecule has 4 atom stereocenters. The number of aromatic amines is 2. The highest BCUT2D eigenvalue weighted by molar-refractivity contribution is 6.31. The molecule has 2 amide bonds. The third kappa shape index (κ3) is 7.83. The average Bonchev–Trinajstić information content (AvgIpc) is 4.18. The maximum absolute atomic E-state index is 14.4. The Kier molecular flexibility index (Phi) is 11.5.